The molecule has 7 heteroatoms. The number of aromatic amines is 1. The molecule has 0 radical (unpaired) electrons. The van der Waals surface area contributed by atoms with Crippen molar-refractivity contribution in [2.24, 2.45) is 5.73 Å². The van der Waals surface area contributed by atoms with Crippen LogP contribution in [0, 0.1) is 6.92 Å². The van der Waals surface area contributed by atoms with Gasteiger partial charge in [-0.2, -0.15) is 0 Å². The van der Waals surface area contributed by atoms with Crippen molar-refractivity contribution < 1.29 is 0 Å². The molecule has 0 fully saturated rings. The lowest BCUT2D eigenvalue weighted by Gasteiger charge is -2.16. The Bertz CT molecular complexity index is 1260. The van der Waals surface area contributed by atoms with Crippen molar-refractivity contribution in [1.82, 2.24) is 14.5 Å². The molecule has 2 aromatic carbocycles. The summed E-state index contributed by atoms with van der Waals surface area (Å²) in [5.74, 6) is 0.758. The minimum atomic E-state index is -0.0185. The largest absolute Gasteiger partial charge is 0.347 e. The molecule has 4 aromatic rings. The van der Waals surface area contributed by atoms with Crippen molar-refractivity contribution in [3.05, 3.63) is 109 Å². The van der Waals surface area contributed by atoms with E-state index in [0.717, 1.165) is 33.9 Å². The molecule has 0 aliphatic carbocycles. The maximum atomic E-state index is 12.6. The SMILES string of the molecule is Cc1c(Cc2c(Cl)cccc2Cl)c(=O)ccn1Cc1ccc(-c2cnc(CN)[nH]2)cc1. The maximum Gasteiger partial charge on any atom is 0.185 e. The molecule has 0 atom stereocenters. The summed E-state index contributed by atoms with van der Waals surface area (Å²) in [5, 5.41) is 1.13. The van der Waals surface area contributed by atoms with Gasteiger partial charge in [-0.05, 0) is 35.7 Å². The Morgan fingerprint density at radius 3 is 2.39 bits per heavy atom. The number of hydrogen-bond acceptors (Lipinski definition) is 3. The third kappa shape index (κ3) is 4.59. The number of imidazole rings is 1. The van der Waals surface area contributed by atoms with E-state index in [9.17, 15) is 4.79 Å². The molecule has 2 aromatic heterocycles. The number of pyridine rings is 1. The zero-order chi connectivity index (χ0) is 22.0. The monoisotopic (exact) mass is 452 g/mol. The van der Waals surface area contributed by atoms with Gasteiger partial charge in [-0.25, -0.2) is 4.98 Å². The summed E-state index contributed by atoms with van der Waals surface area (Å²) in [6.45, 7) is 2.98. The predicted molar refractivity (Wildman–Crippen MR) is 126 cm³/mol. The van der Waals surface area contributed by atoms with Gasteiger partial charge in [0.2, 0.25) is 0 Å². The van der Waals surface area contributed by atoms with Gasteiger partial charge in [0.1, 0.15) is 5.82 Å². The molecule has 0 unspecified atom stereocenters. The Balaban J connectivity index is 1.59. The summed E-state index contributed by atoms with van der Waals surface area (Å²) < 4.78 is 2.07. The molecule has 5 nitrogen and oxygen atoms in total. The summed E-state index contributed by atoms with van der Waals surface area (Å²) in [7, 11) is 0. The Morgan fingerprint density at radius 2 is 1.74 bits per heavy atom. The first-order valence-electron chi connectivity index (χ1n) is 9.91. The number of halogens is 2. The Hall–Kier alpha value is -2.86. The van der Waals surface area contributed by atoms with Crippen LogP contribution in [-0.4, -0.2) is 14.5 Å². The van der Waals surface area contributed by atoms with E-state index in [2.05, 4.69) is 26.7 Å². The predicted octanol–water partition coefficient (Wildman–Crippen LogP) is 4.95. The lowest BCUT2D eigenvalue weighted by molar-refractivity contribution is 0.744. The van der Waals surface area contributed by atoms with Crippen molar-refractivity contribution >= 4 is 23.2 Å². The standard InChI is InChI=1S/C24H22Cl2N4O/c1-15-18(11-19-20(25)3-2-4-21(19)26)23(31)9-10-30(15)14-16-5-7-17(8-6-16)22-13-28-24(12-27)29-22/h2-10,13H,11-12,14,27H2,1H3,(H,28,29). The zero-order valence-electron chi connectivity index (χ0n) is 17.0. The van der Waals surface area contributed by atoms with Crippen LogP contribution in [0.5, 0.6) is 0 Å². The molecule has 0 bridgehead atoms. The number of benzene rings is 2. The quantitative estimate of drug-likeness (QED) is 0.434. The smallest absolute Gasteiger partial charge is 0.185 e. The number of rotatable bonds is 6. The van der Waals surface area contributed by atoms with Gasteiger partial charge in [-0.15, -0.1) is 0 Å². The Labute approximate surface area is 190 Å². The molecule has 2 heterocycles. The number of nitrogens with two attached hydrogens (primary N) is 1. The van der Waals surface area contributed by atoms with Gasteiger partial charge in [0.15, 0.2) is 5.43 Å². The van der Waals surface area contributed by atoms with E-state index in [1.807, 2.05) is 25.3 Å². The van der Waals surface area contributed by atoms with Gasteiger partial charge >= 0.3 is 0 Å². The molecule has 158 valence electrons. The summed E-state index contributed by atoms with van der Waals surface area (Å²) in [4.78, 5) is 20.0. The van der Waals surface area contributed by atoms with E-state index >= 15 is 0 Å². The fraction of sp³-hybridized carbons (Fsp3) is 0.167. The molecule has 0 saturated carbocycles. The average molecular weight is 453 g/mol. The van der Waals surface area contributed by atoms with Crippen LogP contribution in [0.3, 0.4) is 0 Å². The van der Waals surface area contributed by atoms with E-state index in [1.165, 1.54) is 0 Å². The van der Waals surface area contributed by atoms with Crippen molar-refractivity contribution in [3.8, 4) is 11.3 Å². The number of nitrogens with one attached hydrogen (secondary N) is 1. The molecule has 0 aliphatic heterocycles. The second-order valence-electron chi connectivity index (χ2n) is 7.39. The fourth-order valence-electron chi connectivity index (χ4n) is 3.59. The van der Waals surface area contributed by atoms with E-state index in [4.69, 9.17) is 28.9 Å². The highest BCUT2D eigenvalue weighted by Gasteiger charge is 2.13. The third-order valence-corrected chi connectivity index (χ3v) is 6.13. The molecule has 0 spiro atoms. The van der Waals surface area contributed by atoms with Crippen LogP contribution in [0.15, 0.2) is 65.7 Å². The summed E-state index contributed by atoms with van der Waals surface area (Å²) >= 11 is 12.6. The highest BCUT2D eigenvalue weighted by molar-refractivity contribution is 6.36. The lowest BCUT2D eigenvalue weighted by Crippen LogP contribution is -2.17. The Morgan fingerprint density at radius 1 is 1.03 bits per heavy atom. The van der Waals surface area contributed by atoms with E-state index in [-0.39, 0.29) is 5.43 Å². The van der Waals surface area contributed by atoms with Gasteiger partial charge in [-0.1, -0.05) is 53.5 Å². The fourth-order valence-corrected chi connectivity index (χ4v) is 4.12. The number of aromatic nitrogens is 3. The first-order valence-corrected chi connectivity index (χ1v) is 10.7. The third-order valence-electron chi connectivity index (χ3n) is 5.43. The van der Waals surface area contributed by atoms with Crippen LogP contribution in [0.2, 0.25) is 10.0 Å². The van der Waals surface area contributed by atoms with Crippen molar-refractivity contribution in [3.63, 3.8) is 0 Å². The number of hydrogen-bond donors (Lipinski definition) is 2. The minimum absolute atomic E-state index is 0.0185. The summed E-state index contributed by atoms with van der Waals surface area (Å²) in [6, 6.07) is 15.2. The van der Waals surface area contributed by atoms with Gasteiger partial charge in [0.05, 0.1) is 18.4 Å². The summed E-state index contributed by atoms with van der Waals surface area (Å²) in [6.07, 6.45) is 4.01. The molecule has 0 aliphatic rings. The van der Waals surface area contributed by atoms with E-state index in [1.54, 1.807) is 30.5 Å². The lowest BCUT2D eigenvalue weighted by atomic mass is 10.0. The van der Waals surface area contributed by atoms with Crippen molar-refractivity contribution in [2.75, 3.05) is 0 Å². The normalized spacial score (nSPS) is 11.1. The molecular formula is C24H22Cl2N4O. The highest BCUT2D eigenvalue weighted by atomic mass is 35.5. The van der Waals surface area contributed by atoms with Crippen LogP contribution in [0.4, 0.5) is 0 Å². The van der Waals surface area contributed by atoms with Gasteiger partial charge in [-0.3, -0.25) is 4.79 Å². The number of nitrogens with zero attached hydrogens (tertiary/aromatic N) is 2. The first-order chi connectivity index (χ1) is 15.0. The second-order valence-corrected chi connectivity index (χ2v) is 8.21. The van der Waals surface area contributed by atoms with Crippen LogP contribution >= 0.6 is 23.2 Å². The molecule has 0 saturated heterocycles. The highest BCUT2D eigenvalue weighted by Crippen LogP contribution is 2.27. The van der Waals surface area contributed by atoms with Crippen molar-refractivity contribution in [1.29, 1.82) is 0 Å². The number of H-pyrrole nitrogens is 1. The summed E-state index contributed by atoms with van der Waals surface area (Å²) in [5.41, 5.74) is 11.1. The zero-order valence-corrected chi connectivity index (χ0v) is 18.5. The average Bonchev–Trinajstić information content (AvgIpc) is 3.25. The molecular weight excluding hydrogens is 431 g/mol. The van der Waals surface area contributed by atoms with Crippen LogP contribution in [0.25, 0.3) is 11.3 Å². The van der Waals surface area contributed by atoms with Gasteiger partial charge in [0, 0.05) is 46.5 Å². The van der Waals surface area contributed by atoms with Crippen molar-refractivity contribution in [2.45, 2.75) is 26.4 Å². The molecule has 0 amide bonds. The first kappa shape index (κ1) is 21.4. The van der Waals surface area contributed by atoms with Gasteiger partial charge < -0.3 is 15.3 Å². The molecule has 4 rings (SSSR count). The Kier molecular flexibility index (Phi) is 6.28. The van der Waals surface area contributed by atoms with E-state index in [0.29, 0.717) is 35.1 Å². The second kappa shape index (κ2) is 9.10. The molecule has 31 heavy (non-hydrogen) atoms. The van der Waals surface area contributed by atoms with Crippen LogP contribution < -0.4 is 11.2 Å². The van der Waals surface area contributed by atoms with Gasteiger partial charge in [0.25, 0.3) is 0 Å². The molecule has 3 N–H and O–H groups in total. The minimum Gasteiger partial charge on any atom is -0.347 e. The maximum absolute atomic E-state index is 12.6. The topological polar surface area (TPSA) is 76.7 Å². The van der Waals surface area contributed by atoms with E-state index < -0.39 is 0 Å². The van der Waals surface area contributed by atoms with Crippen LogP contribution in [-0.2, 0) is 19.5 Å². The van der Waals surface area contributed by atoms with Crippen LogP contribution in [0.1, 0.15) is 28.2 Å².